The van der Waals surface area contributed by atoms with Crippen LogP contribution in [0, 0.1) is 5.41 Å². The molecule has 0 N–H and O–H groups in total. The molecule has 84 valence electrons. The van der Waals surface area contributed by atoms with E-state index in [1.165, 1.54) is 5.56 Å². The minimum atomic E-state index is -0.404. The Bertz CT molecular complexity index is 425. The zero-order valence-corrected chi connectivity index (χ0v) is 11.2. The molecule has 1 aromatic rings. The van der Waals surface area contributed by atoms with Gasteiger partial charge < -0.3 is 4.74 Å². The van der Waals surface area contributed by atoms with Crippen molar-refractivity contribution in [3.8, 4) is 0 Å². The lowest BCUT2D eigenvalue weighted by molar-refractivity contribution is -0.143. The lowest BCUT2D eigenvalue weighted by atomic mass is 9.82. The highest BCUT2D eigenvalue weighted by Crippen LogP contribution is 2.39. The summed E-state index contributed by atoms with van der Waals surface area (Å²) in [6.45, 7) is 1.97. The van der Waals surface area contributed by atoms with Crippen molar-refractivity contribution in [2.45, 2.75) is 19.8 Å². The fourth-order valence-electron chi connectivity index (χ4n) is 1.98. The number of ether oxygens (including phenoxy) is 1. The van der Waals surface area contributed by atoms with Gasteiger partial charge in [0.1, 0.15) is 5.76 Å². The van der Waals surface area contributed by atoms with Crippen molar-refractivity contribution in [1.29, 1.82) is 0 Å². The SMILES string of the molecule is CC1(Cc2ccccc2)C/C(=C\I)OC1=O. The maximum Gasteiger partial charge on any atom is 0.317 e. The average molecular weight is 328 g/mol. The van der Waals surface area contributed by atoms with Crippen LogP contribution >= 0.6 is 22.6 Å². The van der Waals surface area contributed by atoms with Crippen LogP contribution in [0.3, 0.4) is 0 Å². The van der Waals surface area contributed by atoms with E-state index in [9.17, 15) is 4.79 Å². The summed E-state index contributed by atoms with van der Waals surface area (Å²) in [6, 6.07) is 10.1. The van der Waals surface area contributed by atoms with Crippen molar-refractivity contribution >= 4 is 28.6 Å². The Hall–Kier alpha value is -0.840. The standard InChI is InChI=1S/C13H13IO2/c1-13(7-10-5-3-2-4-6-10)8-11(9-14)16-12(13)15/h2-6,9H,7-8H2,1H3/b11-9+. The van der Waals surface area contributed by atoms with Crippen LogP contribution in [0.5, 0.6) is 0 Å². The van der Waals surface area contributed by atoms with Gasteiger partial charge in [-0.25, -0.2) is 0 Å². The summed E-state index contributed by atoms with van der Waals surface area (Å²) in [5.41, 5.74) is 0.773. The number of hydrogen-bond donors (Lipinski definition) is 0. The third-order valence-corrected chi connectivity index (χ3v) is 3.53. The Morgan fingerprint density at radius 1 is 1.44 bits per heavy atom. The number of halogens is 1. The van der Waals surface area contributed by atoms with Gasteiger partial charge in [-0.1, -0.05) is 30.3 Å². The molecule has 0 saturated carbocycles. The minimum Gasteiger partial charge on any atom is -0.430 e. The molecular formula is C13H13IO2. The fraction of sp³-hybridized carbons (Fsp3) is 0.308. The number of carbonyl (C=O) groups excluding carboxylic acids is 1. The molecule has 16 heavy (non-hydrogen) atoms. The predicted molar refractivity (Wildman–Crippen MR) is 71.1 cm³/mol. The second kappa shape index (κ2) is 4.57. The van der Waals surface area contributed by atoms with Gasteiger partial charge in [0.15, 0.2) is 0 Å². The number of allylic oxidation sites excluding steroid dienone is 1. The van der Waals surface area contributed by atoms with E-state index in [1.807, 2.05) is 41.3 Å². The third kappa shape index (κ3) is 2.29. The van der Waals surface area contributed by atoms with Crippen LogP contribution in [0.4, 0.5) is 0 Å². The summed E-state index contributed by atoms with van der Waals surface area (Å²) in [6.07, 6.45) is 1.43. The highest BCUT2D eigenvalue weighted by Gasteiger charge is 2.42. The molecule has 1 unspecified atom stereocenters. The highest BCUT2D eigenvalue weighted by atomic mass is 127. The molecule has 1 aliphatic rings. The van der Waals surface area contributed by atoms with Gasteiger partial charge in [0.25, 0.3) is 0 Å². The smallest absolute Gasteiger partial charge is 0.317 e. The van der Waals surface area contributed by atoms with Crippen molar-refractivity contribution in [3.05, 3.63) is 45.7 Å². The van der Waals surface area contributed by atoms with Gasteiger partial charge in [-0.05, 0) is 41.5 Å². The number of carbonyl (C=O) groups is 1. The van der Waals surface area contributed by atoms with Crippen molar-refractivity contribution in [2.75, 3.05) is 0 Å². The van der Waals surface area contributed by atoms with E-state index in [0.29, 0.717) is 6.42 Å². The van der Waals surface area contributed by atoms with Crippen LogP contribution in [0.2, 0.25) is 0 Å². The summed E-state index contributed by atoms with van der Waals surface area (Å²) in [5.74, 6) is 0.670. The molecular weight excluding hydrogens is 315 g/mol. The van der Waals surface area contributed by atoms with Gasteiger partial charge in [-0.15, -0.1) is 0 Å². The van der Waals surface area contributed by atoms with E-state index >= 15 is 0 Å². The minimum absolute atomic E-state index is 0.112. The molecule has 1 fully saturated rings. The molecule has 0 bridgehead atoms. The normalized spacial score (nSPS) is 27.1. The molecule has 0 radical (unpaired) electrons. The first kappa shape index (κ1) is 11.6. The van der Waals surface area contributed by atoms with Crippen molar-refractivity contribution < 1.29 is 9.53 Å². The van der Waals surface area contributed by atoms with Crippen molar-refractivity contribution in [3.63, 3.8) is 0 Å². The molecule has 1 atom stereocenters. The van der Waals surface area contributed by atoms with E-state index in [1.54, 1.807) is 0 Å². The quantitative estimate of drug-likeness (QED) is 0.614. The second-order valence-electron chi connectivity index (χ2n) is 4.36. The van der Waals surface area contributed by atoms with Crippen molar-refractivity contribution in [1.82, 2.24) is 0 Å². The third-order valence-electron chi connectivity index (χ3n) is 2.84. The number of hydrogen-bond acceptors (Lipinski definition) is 2. The molecule has 2 rings (SSSR count). The molecule has 1 aromatic carbocycles. The molecule has 0 amide bonds. The van der Waals surface area contributed by atoms with Crippen LogP contribution in [0.25, 0.3) is 0 Å². The van der Waals surface area contributed by atoms with E-state index in [2.05, 4.69) is 22.6 Å². The van der Waals surface area contributed by atoms with Gasteiger partial charge in [0.2, 0.25) is 0 Å². The van der Waals surface area contributed by atoms with Gasteiger partial charge in [-0.3, -0.25) is 4.79 Å². The summed E-state index contributed by atoms with van der Waals surface area (Å²) < 4.78 is 7.05. The van der Waals surface area contributed by atoms with E-state index in [0.717, 1.165) is 12.2 Å². The second-order valence-corrected chi connectivity index (χ2v) is 4.99. The maximum atomic E-state index is 11.8. The Labute approximate surface area is 109 Å². The van der Waals surface area contributed by atoms with E-state index < -0.39 is 5.41 Å². The number of cyclic esters (lactones) is 1. The Morgan fingerprint density at radius 2 is 2.12 bits per heavy atom. The monoisotopic (exact) mass is 328 g/mol. The lowest BCUT2D eigenvalue weighted by Crippen LogP contribution is -2.24. The number of rotatable bonds is 2. The summed E-state index contributed by atoms with van der Waals surface area (Å²) in [4.78, 5) is 11.8. The summed E-state index contributed by atoms with van der Waals surface area (Å²) >= 11 is 2.11. The van der Waals surface area contributed by atoms with Crippen LogP contribution in [0.15, 0.2) is 40.2 Å². The predicted octanol–water partition coefficient (Wildman–Crippen LogP) is 3.46. The van der Waals surface area contributed by atoms with Gasteiger partial charge >= 0.3 is 5.97 Å². The summed E-state index contributed by atoms with van der Waals surface area (Å²) in [7, 11) is 0. The largest absolute Gasteiger partial charge is 0.430 e. The molecule has 1 aliphatic heterocycles. The summed E-state index contributed by atoms with van der Waals surface area (Å²) in [5, 5.41) is 0. The van der Waals surface area contributed by atoms with E-state index in [4.69, 9.17) is 4.74 Å². The van der Waals surface area contributed by atoms with Crippen molar-refractivity contribution in [2.24, 2.45) is 5.41 Å². The average Bonchev–Trinajstić information content (AvgIpc) is 2.56. The molecule has 0 spiro atoms. The van der Waals surface area contributed by atoms with Crippen LogP contribution in [-0.4, -0.2) is 5.97 Å². The van der Waals surface area contributed by atoms with E-state index in [-0.39, 0.29) is 5.97 Å². The number of benzene rings is 1. The molecule has 0 aromatic heterocycles. The zero-order valence-electron chi connectivity index (χ0n) is 9.07. The molecule has 2 nitrogen and oxygen atoms in total. The highest BCUT2D eigenvalue weighted by molar-refractivity contribution is 14.1. The van der Waals surface area contributed by atoms with Gasteiger partial charge in [0, 0.05) is 10.5 Å². The first-order valence-electron chi connectivity index (χ1n) is 5.19. The molecule has 0 aliphatic carbocycles. The number of esters is 1. The first-order valence-corrected chi connectivity index (χ1v) is 6.44. The topological polar surface area (TPSA) is 26.3 Å². The molecule has 1 saturated heterocycles. The van der Waals surface area contributed by atoms with Crippen LogP contribution in [-0.2, 0) is 16.0 Å². The van der Waals surface area contributed by atoms with Crippen LogP contribution < -0.4 is 0 Å². The maximum absolute atomic E-state index is 11.8. The molecule has 1 heterocycles. The van der Waals surface area contributed by atoms with Crippen LogP contribution in [0.1, 0.15) is 18.9 Å². The zero-order chi connectivity index (χ0) is 11.6. The fourth-order valence-corrected chi connectivity index (χ4v) is 2.32. The van der Waals surface area contributed by atoms with Gasteiger partial charge in [0.05, 0.1) is 5.41 Å². The molecule has 3 heteroatoms. The Balaban J connectivity index is 2.18. The Kier molecular flexibility index (Phi) is 3.33. The van der Waals surface area contributed by atoms with Gasteiger partial charge in [-0.2, -0.15) is 0 Å². The first-order chi connectivity index (χ1) is 7.64. The lowest BCUT2D eigenvalue weighted by Gasteiger charge is -2.17. The Morgan fingerprint density at radius 3 is 2.69 bits per heavy atom.